The van der Waals surface area contributed by atoms with Crippen molar-refractivity contribution in [1.82, 2.24) is 4.57 Å². The van der Waals surface area contributed by atoms with Gasteiger partial charge in [-0.1, -0.05) is 6.08 Å². The summed E-state index contributed by atoms with van der Waals surface area (Å²) < 4.78 is 7.29. The second kappa shape index (κ2) is 5.64. The number of hydrogen-bond acceptors (Lipinski definition) is 4. The fraction of sp³-hybridized carbons (Fsp3) is 0.231. The third-order valence-electron chi connectivity index (χ3n) is 2.43. The van der Waals surface area contributed by atoms with Crippen molar-refractivity contribution in [2.45, 2.75) is 13.5 Å². The highest BCUT2D eigenvalue weighted by Crippen LogP contribution is 2.16. The Balaban J connectivity index is 2.15. The van der Waals surface area contributed by atoms with Crippen LogP contribution >= 0.6 is 11.3 Å². The van der Waals surface area contributed by atoms with Crippen molar-refractivity contribution >= 4 is 27.4 Å². The van der Waals surface area contributed by atoms with Gasteiger partial charge >= 0.3 is 5.97 Å². The van der Waals surface area contributed by atoms with Gasteiger partial charge in [0.25, 0.3) is 5.56 Å². The number of esters is 1. The number of aromatic nitrogens is 1. The minimum Gasteiger partial charge on any atom is -0.463 e. The van der Waals surface area contributed by atoms with Crippen LogP contribution in [0.15, 0.2) is 40.7 Å². The summed E-state index contributed by atoms with van der Waals surface area (Å²) >= 11 is 1.54. The lowest BCUT2D eigenvalue weighted by Gasteiger charge is -2.01. The molecule has 5 heteroatoms. The molecule has 2 rings (SSSR count). The second-order valence-corrected chi connectivity index (χ2v) is 4.57. The highest BCUT2D eigenvalue weighted by molar-refractivity contribution is 7.17. The third kappa shape index (κ3) is 2.68. The van der Waals surface area contributed by atoms with E-state index < -0.39 is 0 Å². The van der Waals surface area contributed by atoms with Gasteiger partial charge in [0.1, 0.15) is 0 Å². The molecule has 0 radical (unpaired) electrons. The molecule has 94 valence electrons. The molecule has 0 unspecified atom stereocenters. The standard InChI is InChI=1S/C13H13NO3S/c1-2-17-12(15)4-3-7-14-8-5-11-10(13(14)16)6-9-18-11/h3-6,8-9H,2,7H2,1H3/b4-3+. The highest BCUT2D eigenvalue weighted by Gasteiger charge is 2.02. The molecule has 2 aromatic rings. The van der Waals surface area contributed by atoms with Gasteiger partial charge in [-0.05, 0) is 24.4 Å². The number of ether oxygens (including phenoxy) is 1. The SMILES string of the molecule is CCOC(=O)/C=C/Cn1ccc2sccc2c1=O. The van der Waals surface area contributed by atoms with Crippen molar-refractivity contribution in [2.75, 3.05) is 6.61 Å². The van der Waals surface area contributed by atoms with E-state index in [2.05, 4.69) is 0 Å². The molecule has 0 fully saturated rings. The van der Waals surface area contributed by atoms with Crippen LogP contribution in [0.3, 0.4) is 0 Å². The van der Waals surface area contributed by atoms with Crippen molar-refractivity contribution in [3.8, 4) is 0 Å². The first-order valence-corrected chi connectivity index (χ1v) is 6.50. The lowest BCUT2D eigenvalue weighted by Crippen LogP contribution is -2.18. The van der Waals surface area contributed by atoms with Gasteiger partial charge in [-0.15, -0.1) is 11.3 Å². The molecule has 0 spiro atoms. The van der Waals surface area contributed by atoms with Gasteiger partial charge < -0.3 is 9.30 Å². The largest absolute Gasteiger partial charge is 0.463 e. The molecule has 0 aliphatic carbocycles. The summed E-state index contributed by atoms with van der Waals surface area (Å²) in [4.78, 5) is 23.1. The number of fused-ring (bicyclic) bond motifs is 1. The van der Waals surface area contributed by atoms with Crippen LogP contribution in [0.4, 0.5) is 0 Å². The predicted molar refractivity (Wildman–Crippen MR) is 71.9 cm³/mol. The van der Waals surface area contributed by atoms with Crippen LogP contribution in [-0.4, -0.2) is 17.1 Å². The molecule has 0 N–H and O–H groups in total. The lowest BCUT2D eigenvalue weighted by atomic mass is 10.3. The van der Waals surface area contributed by atoms with E-state index in [0.29, 0.717) is 18.5 Å². The first kappa shape index (κ1) is 12.6. The van der Waals surface area contributed by atoms with Gasteiger partial charge in [0.2, 0.25) is 0 Å². The Bertz CT molecular complexity index is 639. The van der Waals surface area contributed by atoms with Crippen LogP contribution in [0.5, 0.6) is 0 Å². The van der Waals surface area contributed by atoms with E-state index in [1.165, 1.54) is 6.08 Å². The maximum absolute atomic E-state index is 12.0. The number of pyridine rings is 1. The van der Waals surface area contributed by atoms with Crippen LogP contribution in [0.2, 0.25) is 0 Å². The molecular formula is C13H13NO3S. The minimum absolute atomic E-state index is 0.0396. The summed E-state index contributed by atoms with van der Waals surface area (Å²) in [5.41, 5.74) is -0.0396. The Morgan fingerprint density at radius 1 is 1.50 bits per heavy atom. The molecule has 2 heterocycles. The molecule has 0 saturated carbocycles. The van der Waals surface area contributed by atoms with Crippen LogP contribution in [0.1, 0.15) is 6.92 Å². The highest BCUT2D eigenvalue weighted by atomic mass is 32.1. The third-order valence-corrected chi connectivity index (χ3v) is 3.32. The van der Waals surface area contributed by atoms with E-state index in [-0.39, 0.29) is 11.5 Å². The Hall–Kier alpha value is -1.88. The van der Waals surface area contributed by atoms with Crippen molar-refractivity contribution in [2.24, 2.45) is 0 Å². The van der Waals surface area contributed by atoms with Crippen LogP contribution < -0.4 is 5.56 Å². The number of thiophene rings is 1. The number of carbonyl (C=O) groups excluding carboxylic acids is 1. The zero-order valence-corrected chi connectivity index (χ0v) is 10.8. The summed E-state index contributed by atoms with van der Waals surface area (Å²) in [6, 6.07) is 3.72. The molecule has 0 aliphatic heterocycles. The quantitative estimate of drug-likeness (QED) is 0.627. The molecule has 18 heavy (non-hydrogen) atoms. The Kier molecular flexibility index (Phi) is 3.94. The van der Waals surface area contributed by atoms with Gasteiger partial charge in [0.05, 0.1) is 12.0 Å². The average molecular weight is 263 g/mol. The molecule has 0 aliphatic rings. The topological polar surface area (TPSA) is 48.3 Å². The number of rotatable bonds is 4. The van der Waals surface area contributed by atoms with E-state index in [1.807, 2.05) is 17.5 Å². The summed E-state index contributed by atoms with van der Waals surface area (Å²) in [5.74, 6) is -0.387. The molecule has 0 bridgehead atoms. The van der Waals surface area contributed by atoms with Crippen molar-refractivity contribution in [3.05, 3.63) is 46.2 Å². The summed E-state index contributed by atoms with van der Waals surface area (Å²) in [7, 11) is 0. The van der Waals surface area contributed by atoms with E-state index >= 15 is 0 Å². The summed E-state index contributed by atoms with van der Waals surface area (Å²) in [6.07, 6.45) is 4.70. The van der Waals surface area contributed by atoms with Crippen molar-refractivity contribution < 1.29 is 9.53 Å². The van der Waals surface area contributed by atoms with Crippen LogP contribution in [-0.2, 0) is 16.1 Å². The van der Waals surface area contributed by atoms with Gasteiger partial charge in [-0.3, -0.25) is 4.79 Å². The molecule has 0 aromatic carbocycles. The van der Waals surface area contributed by atoms with E-state index in [4.69, 9.17) is 4.74 Å². The number of hydrogen-bond donors (Lipinski definition) is 0. The van der Waals surface area contributed by atoms with Gasteiger partial charge in [0, 0.05) is 23.5 Å². The van der Waals surface area contributed by atoms with Crippen molar-refractivity contribution in [1.29, 1.82) is 0 Å². The Labute approximate surface area is 108 Å². The van der Waals surface area contributed by atoms with E-state index in [1.54, 1.807) is 35.1 Å². The van der Waals surface area contributed by atoms with E-state index in [9.17, 15) is 9.59 Å². The number of carbonyl (C=O) groups is 1. The average Bonchev–Trinajstić information content (AvgIpc) is 2.81. The first-order valence-electron chi connectivity index (χ1n) is 5.62. The summed E-state index contributed by atoms with van der Waals surface area (Å²) in [5, 5.41) is 2.61. The molecule has 0 saturated heterocycles. The maximum atomic E-state index is 12.0. The molecule has 0 atom stereocenters. The monoisotopic (exact) mass is 263 g/mol. The molecule has 4 nitrogen and oxygen atoms in total. The first-order chi connectivity index (χ1) is 8.72. The fourth-order valence-corrected chi connectivity index (χ4v) is 2.38. The molecule has 2 aromatic heterocycles. The zero-order valence-electron chi connectivity index (χ0n) is 9.96. The van der Waals surface area contributed by atoms with Gasteiger partial charge in [0.15, 0.2) is 0 Å². The normalized spacial score (nSPS) is 11.2. The predicted octanol–water partition coefficient (Wildman–Crippen LogP) is 2.18. The van der Waals surface area contributed by atoms with Crippen LogP contribution in [0, 0.1) is 0 Å². The second-order valence-electron chi connectivity index (χ2n) is 3.63. The Morgan fingerprint density at radius 3 is 3.11 bits per heavy atom. The summed E-state index contributed by atoms with van der Waals surface area (Å²) in [6.45, 7) is 2.47. The lowest BCUT2D eigenvalue weighted by molar-refractivity contribution is -0.137. The fourth-order valence-electron chi connectivity index (χ4n) is 1.60. The minimum atomic E-state index is -0.387. The zero-order chi connectivity index (χ0) is 13.0. The van der Waals surface area contributed by atoms with Crippen molar-refractivity contribution in [3.63, 3.8) is 0 Å². The Morgan fingerprint density at radius 2 is 2.33 bits per heavy atom. The number of allylic oxidation sites excluding steroid dienone is 1. The van der Waals surface area contributed by atoms with Crippen LogP contribution in [0.25, 0.3) is 10.1 Å². The van der Waals surface area contributed by atoms with Gasteiger partial charge in [-0.2, -0.15) is 0 Å². The smallest absolute Gasteiger partial charge is 0.330 e. The van der Waals surface area contributed by atoms with Gasteiger partial charge in [-0.25, -0.2) is 4.79 Å². The molecular weight excluding hydrogens is 250 g/mol. The molecule has 0 amide bonds. The number of nitrogens with zero attached hydrogens (tertiary/aromatic N) is 1. The maximum Gasteiger partial charge on any atom is 0.330 e. The van der Waals surface area contributed by atoms with E-state index in [0.717, 1.165) is 4.70 Å².